The van der Waals surface area contributed by atoms with Gasteiger partial charge in [-0.3, -0.25) is 5.01 Å². The molecular formula is C16H29ClN4O2. The maximum absolute atomic E-state index is 12.1. The van der Waals surface area contributed by atoms with Crippen molar-refractivity contribution in [2.75, 3.05) is 6.54 Å². The topological polar surface area (TPSA) is 80.0 Å². The third kappa shape index (κ3) is 11.5. The SMILES string of the molecule is C=C(Cl)N=C(/C=C(/C)N)N(CC(C)(C)C)NC(=O)OC(C)(C)C. The number of carbonyl (C=O) groups excluding carboxylic acids is 1. The van der Waals surface area contributed by atoms with Crippen LogP contribution in [0.15, 0.2) is 28.5 Å². The van der Waals surface area contributed by atoms with E-state index in [4.69, 9.17) is 22.1 Å². The van der Waals surface area contributed by atoms with E-state index in [1.54, 1.807) is 38.8 Å². The van der Waals surface area contributed by atoms with Gasteiger partial charge < -0.3 is 10.5 Å². The van der Waals surface area contributed by atoms with E-state index in [2.05, 4.69) is 17.0 Å². The number of aliphatic imine (C=N–C) groups is 1. The number of hydrogen-bond acceptors (Lipinski definition) is 4. The van der Waals surface area contributed by atoms with Crippen LogP contribution < -0.4 is 11.2 Å². The van der Waals surface area contributed by atoms with Crippen LogP contribution in [0.4, 0.5) is 4.79 Å². The minimum absolute atomic E-state index is 0.0856. The number of allylic oxidation sites excluding steroid dienone is 1. The van der Waals surface area contributed by atoms with Crippen molar-refractivity contribution in [2.24, 2.45) is 16.1 Å². The van der Waals surface area contributed by atoms with Gasteiger partial charge in [-0.05, 0) is 33.1 Å². The molecule has 0 fully saturated rings. The summed E-state index contributed by atoms with van der Waals surface area (Å²) in [7, 11) is 0. The molecule has 0 bridgehead atoms. The summed E-state index contributed by atoms with van der Waals surface area (Å²) in [6.45, 7) is 17.2. The summed E-state index contributed by atoms with van der Waals surface area (Å²) < 4.78 is 5.29. The molecule has 0 saturated heterocycles. The first-order valence-corrected chi connectivity index (χ1v) is 7.71. The molecule has 0 unspecified atom stereocenters. The minimum Gasteiger partial charge on any atom is -0.443 e. The number of nitrogens with two attached hydrogens (primary N) is 1. The average molecular weight is 345 g/mol. The van der Waals surface area contributed by atoms with Gasteiger partial charge in [-0.1, -0.05) is 39.0 Å². The van der Waals surface area contributed by atoms with Crippen molar-refractivity contribution >= 4 is 23.5 Å². The summed E-state index contributed by atoms with van der Waals surface area (Å²) >= 11 is 5.79. The Labute approximate surface area is 144 Å². The van der Waals surface area contributed by atoms with E-state index in [1.165, 1.54) is 0 Å². The van der Waals surface area contributed by atoms with E-state index >= 15 is 0 Å². The molecule has 3 N–H and O–H groups in total. The van der Waals surface area contributed by atoms with Crippen LogP contribution in [0.25, 0.3) is 0 Å². The molecule has 0 rings (SSSR count). The van der Waals surface area contributed by atoms with Crippen LogP contribution in [0.1, 0.15) is 48.5 Å². The summed E-state index contributed by atoms with van der Waals surface area (Å²) in [4.78, 5) is 16.2. The highest BCUT2D eigenvalue weighted by atomic mass is 35.5. The first kappa shape index (κ1) is 21.3. The van der Waals surface area contributed by atoms with Crippen molar-refractivity contribution < 1.29 is 9.53 Å². The summed E-state index contributed by atoms with van der Waals surface area (Å²) in [6, 6.07) is 0. The lowest BCUT2D eigenvalue weighted by Gasteiger charge is -2.32. The van der Waals surface area contributed by atoms with Crippen LogP contribution >= 0.6 is 11.6 Å². The Hall–Kier alpha value is -1.69. The fourth-order valence-corrected chi connectivity index (χ4v) is 1.65. The zero-order valence-corrected chi connectivity index (χ0v) is 15.9. The van der Waals surface area contributed by atoms with Gasteiger partial charge >= 0.3 is 6.09 Å². The number of carbonyl (C=O) groups is 1. The van der Waals surface area contributed by atoms with Gasteiger partial charge in [0.25, 0.3) is 0 Å². The van der Waals surface area contributed by atoms with Crippen LogP contribution in [-0.4, -0.2) is 29.1 Å². The van der Waals surface area contributed by atoms with Crippen LogP contribution in [0, 0.1) is 5.41 Å². The number of halogens is 1. The quantitative estimate of drug-likeness (QED) is 0.353. The average Bonchev–Trinajstić information content (AvgIpc) is 2.20. The number of ether oxygens (including phenoxy) is 1. The normalized spacial score (nSPS) is 13.6. The molecule has 0 aromatic rings. The Bertz CT molecular complexity index is 495. The number of hydrazine groups is 1. The maximum atomic E-state index is 12.1. The summed E-state index contributed by atoms with van der Waals surface area (Å²) in [5.74, 6) is 0.380. The standard InChI is InChI=1S/C16H29ClN4O2/c1-11(18)9-13(19-12(2)17)21(10-15(3,4)5)20-14(22)23-16(6,7)8/h9H,2,10,18H2,1,3-8H3,(H,20,22)/b11-9-,19-13?. The van der Waals surface area contributed by atoms with Crippen molar-refractivity contribution in [2.45, 2.75) is 54.1 Å². The molecule has 7 heteroatoms. The maximum Gasteiger partial charge on any atom is 0.426 e. The van der Waals surface area contributed by atoms with Crippen molar-refractivity contribution in [1.82, 2.24) is 10.4 Å². The number of rotatable bonds is 3. The summed E-state index contributed by atoms with van der Waals surface area (Å²) in [5, 5.41) is 1.64. The van der Waals surface area contributed by atoms with Gasteiger partial charge in [-0.15, -0.1) is 0 Å². The van der Waals surface area contributed by atoms with Gasteiger partial charge in [-0.25, -0.2) is 15.2 Å². The highest BCUT2D eigenvalue weighted by Gasteiger charge is 2.23. The Kier molecular flexibility index (Phi) is 7.64. The smallest absolute Gasteiger partial charge is 0.426 e. The second-order valence-corrected chi connectivity index (χ2v) is 7.93. The first-order valence-electron chi connectivity index (χ1n) is 7.34. The lowest BCUT2D eigenvalue weighted by Crippen LogP contribution is -2.50. The van der Waals surface area contributed by atoms with Gasteiger partial charge in [0.15, 0.2) is 5.84 Å². The van der Waals surface area contributed by atoms with Gasteiger partial charge in [0.05, 0.1) is 0 Å². The third-order valence-electron chi connectivity index (χ3n) is 2.13. The molecule has 132 valence electrons. The molecule has 0 aromatic carbocycles. The number of nitrogens with zero attached hydrogens (tertiary/aromatic N) is 2. The summed E-state index contributed by atoms with van der Waals surface area (Å²) in [5.41, 5.74) is 8.21. The molecule has 0 radical (unpaired) electrons. The molecule has 0 atom stereocenters. The van der Waals surface area contributed by atoms with Gasteiger partial charge in [-0.2, -0.15) is 0 Å². The zero-order valence-electron chi connectivity index (χ0n) is 15.2. The van der Waals surface area contributed by atoms with Gasteiger partial charge in [0, 0.05) is 18.3 Å². The highest BCUT2D eigenvalue weighted by Crippen LogP contribution is 2.16. The Morgan fingerprint density at radius 2 is 1.87 bits per heavy atom. The largest absolute Gasteiger partial charge is 0.443 e. The molecule has 0 saturated carbocycles. The molecular weight excluding hydrogens is 316 g/mol. The number of amidine groups is 1. The predicted molar refractivity (Wildman–Crippen MR) is 95.9 cm³/mol. The molecule has 23 heavy (non-hydrogen) atoms. The van der Waals surface area contributed by atoms with E-state index in [0.29, 0.717) is 18.1 Å². The summed E-state index contributed by atoms with van der Waals surface area (Å²) in [6.07, 6.45) is 1.02. The molecule has 0 aliphatic heterocycles. The molecule has 1 amide bonds. The van der Waals surface area contributed by atoms with E-state index < -0.39 is 11.7 Å². The van der Waals surface area contributed by atoms with Crippen molar-refractivity contribution in [3.8, 4) is 0 Å². The predicted octanol–water partition coefficient (Wildman–Crippen LogP) is 3.75. The van der Waals surface area contributed by atoms with E-state index in [0.717, 1.165) is 0 Å². The van der Waals surface area contributed by atoms with E-state index in [1.807, 2.05) is 20.8 Å². The first-order chi connectivity index (χ1) is 10.2. The molecule has 0 aliphatic rings. The lowest BCUT2D eigenvalue weighted by molar-refractivity contribution is 0.0391. The van der Waals surface area contributed by atoms with Crippen LogP contribution in [0.3, 0.4) is 0 Å². The second-order valence-electron chi connectivity index (χ2n) is 7.50. The van der Waals surface area contributed by atoms with Gasteiger partial charge in [0.1, 0.15) is 10.8 Å². The van der Waals surface area contributed by atoms with Crippen LogP contribution in [0.2, 0.25) is 0 Å². The Balaban J connectivity index is 5.53. The van der Waals surface area contributed by atoms with Crippen LogP contribution in [0.5, 0.6) is 0 Å². The Morgan fingerprint density at radius 3 is 2.22 bits per heavy atom. The molecule has 0 aliphatic carbocycles. The monoisotopic (exact) mass is 344 g/mol. The van der Waals surface area contributed by atoms with E-state index in [-0.39, 0.29) is 10.6 Å². The van der Waals surface area contributed by atoms with Crippen molar-refractivity contribution in [3.63, 3.8) is 0 Å². The third-order valence-corrected chi connectivity index (χ3v) is 2.21. The number of hydrogen-bond donors (Lipinski definition) is 2. The molecule has 0 heterocycles. The van der Waals surface area contributed by atoms with Crippen molar-refractivity contribution in [1.29, 1.82) is 0 Å². The van der Waals surface area contributed by atoms with Crippen molar-refractivity contribution in [3.05, 3.63) is 23.5 Å². The molecule has 0 spiro atoms. The molecule has 6 nitrogen and oxygen atoms in total. The number of nitrogens with one attached hydrogen (secondary N) is 1. The van der Waals surface area contributed by atoms with E-state index in [9.17, 15) is 4.79 Å². The second kappa shape index (κ2) is 8.24. The highest BCUT2D eigenvalue weighted by molar-refractivity contribution is 6.29. The Morgan fingerprint density at radius 1 is 1.35 bits per heavy atom. The van der Waals surface area contributed by atoms with Gasteiger partial charge in [0.2, 0.25) is 0 Å². The zero-order chi connectivity index (χ0) is 18.4. The fourth-order valence-electron chi connectivity index (χ4n) is 1.56. The van der Waals surface area contributed by atoms with Crippen LogP contribution in [-0.2, 0) is 4.74 Å². The fraction of sp³-hybridized carbons (Fsp3) is 0.625. The lowest BCUT2D eigenvalue weighted by atomic mass is 9.96. The number of amides is 1. The minimum atomic E-state index is -0.607. The molecule has 0 aromatic heterocycles.